The molecule has 0 atom stereocenters. The van der Waals surface area contributed by atoms with Crippen molar-refractivity contribution in [3.8, 4) is 0 Å². The van der Waals surface area contributed by atoms with Gasteiger partial charge in [0.05, 0.1) is 0 Å². The molecule has 2 rings (SSSR count). The van der Waals surface area contributed by atoms with Crippen LogP contribution in [0.15, 0.2) is 48.7 Å². The number of hydrogen-bond acceptors (Lipinski definition) is 1. The zero-order chi connectivity index (χ0) is 16.7. The van der Waals surface area contributed by atoms with Crippen LogP contribution >= 0.6 is 0 Å². The number of rotatable bonds is 5. The van der Waals surface area contributed by atoms with Crippen LogP contribution in [0, 0.1) is 6.92 Å². The summed E-state index contributed by atoms with van der Waals surface area (Å²) < 4.78 is 0. The second-order valence-electron chi connectivity index (χ2n) is 5.50. The topological polar surface area (TPSA) is 41.1 Å². The van der Waals surface area contributed by atoms with Gasteiger partial charge in [0.1, 0.15) is 0 Å². The molecule has 0 fully saturated rings. The maximum absolute atomic E-state index is 12.1. The normalized spacial score (nSPS) is 10.7. The fourth-order valence-electron chi connectivity index (χ4n) is 2.54. The van der Waals surface area contributed by atoms with Gasteiger partial charge in [0.15, 0.2) is 0 Å². The lowest BCUT2D eigenvalue weighted by molar-refractivity contribution is 0.255. The van der Waals surface area contributed by atoms with Crippen LogP contribution in [-0.2, 0) is 12.8 Å². The predicted octanol–water partition coefficient (Wildman–Crippen LogP) is 4.91. The van der Waals surface area contributed by atoms with Gasteiger partial charge in [0, 0.05) is 11.9 Å². The molecule has 2 aromatic rings. The van der Waals surface area contributed by atoms with Crippen molar-refractivity contribution >= 4 is 17.8 Å². The van der Waals surface area contributed by atoms with Crippen LogP contribution in [0.1, 0.15) is 36.1 Å². The van der Waals surface area contributed by atoms with E-state index in [0.717, 1.165) is 35.2 Å². The molecular formula is C20H24N2O. The first-order chi connectivity index (χ1) is 11.1. The fourth-order valence-corrected chi connectivity index (χ4v) is 2.54. The molecule has 2 amide bonds. The van der Waals surface area contributed by atoms with Crippen molar-refractivity contribution in [3.05, 3.63) is 70.9 Å². The lowest BCUT2D eigenvalue weighted by atomic mass is 10.0. The maximum atomic E-state index is 12.1. The Morgan fingerprint density at radius 3 is 2.30 bits per heavy atom. The van der Waals surface area contributed by atoms with E-state index in [1.54, 1.807) is 6.20 Å². The van der Waals surface area contributed by atoms with Crippen LogP contribution in [0.3, 0.4) is 0 Å². The van der Waals surface area contributed by atoms with Gasteiger partial charge >= 0.3 is 6.03 Å². The smallest absolute Gasteiger partial charge is 0.314 e. The zero-order valence-corrected chi connectivity index (χ0v) is 14.0. The van der Waals surface area contributed by atoms with Gasteiger partial charge in [-0.3, -0.25) is 0 Å². The van der Waals surface area contributed by atoms with E-state index in [1.165, 1.54) is 5.56 Å². The van der Waals surface area contributed by atoms with Crippen molar-refractivity contribution in [2.75, 3.05) is 5.32 Å². The second-order valence-corrected chi connectivity index (χ2v) is 5.50. The number of carbonyl (C=O) groups excluding carboxylic acids is 1. The van der Waals surface area contributed by atoms with Crippen molar-refractivity contribution in [2.45, 2.75) is 33.6 Å². The van der Waals surface area contributed by atoms with E-state index in [4.69, 9.17) is 0 Å². The summed E-state index contributed by atoms with van der Waals surface area (Å²) in [5, 5.41) is 5.75. The molecule has 0 unspecified atom stereocenters. The van der Waals surface area contributed by atoms with E-state index in [0.29, 0.717) is 0 Å². The van der Waals surface area contributed by atoms with Crippen LogP contribution in [0.5, 0.6) is 0 Å². The summed E-state index contributed by atoms with van der Waals surface area (Å²) in [6.07, 6.45) is 5.34. The summed E-state index contributed by atoms with van der Waals surface area (Å²) in [7, 11) is 0. The first-order valence-electron chi connectivity index (χ1n) is 8.05. The summed E-state index contributed by atoms with van der Waals surface area (Å²) in [5.74, 6) is 0. The monoisotopic (exact) mass is 308 g/mol. The van der Waals surface area contributed by atoms with E-state index < -0.39 is 0 Å². The quantitative estimate of drug-likeness (QED) is 0.809. The highest BCUT2D eigenvalue weighted by molar-refractivity contribution is 5.92. The van der Waals surface area contributed by atoms with E-state index in [9.17, 15) is 4.79 Å². The number of benzene rings is 2. The van der Waals surface area contributed by atoms with Crippen LogP contribution in [0.25, 0.3) is 6.08 Å². The summed E-state index contributed by atoms with van der Waals surface area (Å²) in [4.78, 5) is 12.1. The van der Waals surface area contributed by atoms with Gasteiger partial charge in [0.25, 0.3) is 0 Å². The number of aryl methyl sites for hydroxylation is 3. The molecule has 0 bridgehead atoms. The fraction of sp³-hybridized carbons (Fsp3) is 0.250. The highest BCUT2D eigenvalue weighted by Gasteiger charge is 2.08. The largest absolute Gasteiger partial charge is 0.323 e. The molecule has 0 aliphatic carbocycles. The highest BCUT2D eigenvalue weighted by atomic mass is 16.2. The van der Waals surface area contributed by atoms with E-state index >= 15 is 0 Å². The third-order valence-corrected chi connectivity index (χ3v) is 3.77. The lowest BCUT2D eigenvalue weighted by Crippen LogP contribution is -2.25. The number of urea groups is 1. The Bertz CT molecular complexity index is 682. The average molecular weight is 308 g/mol. The molecule has 0 saturated heterocycles. The van der Waals surface area contributed by atoms with Crippen molar-refractivity contribution in [3.63, 3.8) is 0 Å². The Hall–Kier alpha value is -2.55. The predicted molar refractivity (Wildman–Crippen MR) is 97.6 cm³/mol. The molecule has 120 valence electrons. The highest BCUT2D eigenvalue weighted by Crippen LogP contribution is 2.22. The minimum Gasteiger partial charge on any atom is -0.314 e. The summed E-state index contributed by atoms with van der Waals surface area (Å²) in [6.45, 7) is 6.23. The van der Waals surface area contributed by atoms with Crippen LogP contribution in [0.2, 0.25) is 0 Å². The summed E-state index contributed by atoms with van der Waals surface area (Å²) in [5.41, 5.74) is 5.50. The van der Waals surface area contributed by atoms with Gasteiger partial charge in [-0.05, 0) is 42.5 Å². The van der Waals surface area contributed by atoms with Gasteiger partial charge in [-0.15, -0.1) is 0 Å². The van der Waals surface area contributed by atoms with Crippen molar-refractivity contribution in [1.29, 1.82) is 0 Å². The Labute approximate surface area is 138 Å². The van der Waals surface area contributed by atoms with Crippen molar-refractivity contribution in [1.82, 2.24) is 5.32 Å². The van der Waals surface area contributed by atoms with Crippen LogP contribution in [0.4, 0.5) is 10.5 Å². The molecule has 2 N–H and O–H groups in total. The third-order valence-electron chi connectivity index (χ3n) is 3.77. The Morgan fingerprint density at radius 1 is 1.04 bits per heavy atom. The molecule has 3 heteroatoms. The number of carbonyl (C=O) groups is 1. The maximum Gasteiger partial charge on any atom is 0.323 e. The number of anilines is 1. The van der Waals surface area contributed by atoms with Gasteiger partial charge < -0.3 is 10.6 Å². The molecule has 0 spiro atoms. The summed E-state index contributed by atoms with van der Waals surface area (Å²) >= 11 is 0. The number of nitrogens with one attached hydrogen (secondary N) is 2. The van der Waals surface area contributed by atoms with Gasteiger partial charge in [-0.25, -0.2) is 4.79 Å². The minimum absolute atomic E-state index is 0.218. The first kappa shape index (κ1) is 16.8. The lowest BCUT2D eigenvalue weighted by Gasteiger charge is -2.14. The number of para-hydroxylation sites is 1. The zero-order valence-electron chi connectivity index (χ0n) is 14.0. The minimum atomic E-state index is -0.218. The SMILES string of the molecule is CCc1cccc(CC)c1NC(=O)N/C=C/c1cccc(C)c1. The van der Waals surface area contributed by atoms with E-state index in [2.05, 4.69) is 42.7 Å². The molecule has 23 heavy (non-hydrogen) atoms. The first-order valence-corrected chi connectivity index (χ1v) is 8.05. The third kappa shape index (κ3) is 4.71. The number of hydrogen-bond donors (Lipinski definition) is 2. The van der Waals surface area contributed by atoms with Crippen LogP contribution < -0.4 is 10.6 Å². The second kappa shape index (κ2) is 8.18. The Morgan fingerprint density at radius 2 is 1.70 bits per heavy atom. The molecule has 2 aromatic carbocycles. The molecule has 0 aromatic heterocycles. The van der Waals surface area contributed by atoms with E-state index in [1.807, 2.05) is 37.3 Å². The van der Waals surface area contributed by atoms with Crippen molar-refractivity contribution < 1.29 is 4.79 Å². The molecule has 0 aliphatic heterocycles. The average Bonchev–Trinajstić information content (AvgIpc) is 2.55. The molecule has 0 radical (unpaired) electrons. The number of amides is 2. The van der Waals surface area contributed by atoms with Gasteiger partial charge in [-0.1, -0.05) is 61.9 Å². The molecule has 0 heterocycles. The van der Waals surface area contributed by atoms with Crippen molar-refractivity contribution in [2.24, 2.45) is 0 Å². The van der Waals surface area contributed by atoms with Gasteiger partial charge in [-0.2, -0.15) is 0 Å². The molecule has 0 saturated carbocycles. The van der Waals surface area contributed by atoms with E-state index in [-0.39, 0.29) is 6.03 Å². The van der Waals surface area contributed by atoms with Crippen LogP contribution in [-0.4, -0.2) is 6.03 Å². The Kier molecular flexibility index (Phi) is 5.98. The standard InChI is InChI=1S/C20H24N2O/c1-4-17-10-7-11-18(5-2)19(17)22-20(23)21-13-12-16-9-6-8-15(3)14-16/h6-14H,4-5H2,1-3H3,(H2,21,22,23)/b13-12+. The van der Waals surface area contributed by atoms with Gasteiger partial charge in [0.2, 0.25) is 0 Å². The molecule has 3 nitrogen and oxygen atoms in total. The molecule has 0 aliphatic rings. The molecular weight excluding hydrogens is 284 g/mol. The summed E-state index contributed by atoms with van der Waals surface area (Å²) in [6, 6.07) is 14.0. The Balaban J connectivity index is 2.03.